The number of carbonyl (C=O) groups excluding carboxylic acids is 1. The van der Waals surface area contributed by atoms with E-state index in [1.165, 1.54) is 0 Å². The van der Waals surface area contributed by atoms with E-state index in [4.69, 9.17) is 26.8 Å². The van der Waals surface area contributed by atoms with Crippen molar-refractivity contribution in [2.75, 3.05) is 19.8 Å². The van der Waals surface area contributed by atoms with Crippen LogP contribution in [0.4, 0.5) is 0 Å². The molecule has 0 radical (unpaired) electrons. The maximum absolute atomic E-state index is 11.9. The summed E-state index contributed by atoms with van der Waals surface area (Å²) in [5, 5.41) is 3.40. The number of nitrogens with one attached hydrogen (secondary N) is 1. The molecule has 1 amide bonds. The Morgan fingerprint density at radius 2 is 2.09 bits per heavy atom. The third-order valence-corrected chi connectivity index (χ3v) is 4.21. The highest BCUT2D eigenvalue weighted by molar-refractivity contribution is 6.32. The smallest absolute Gasteiger partial charge is 0.237 e. The number of hydrogen-bond acceptors (Lipinski definition) is 4. The van der Waals surface area contributed by atoms with Crippen molar-refractivity contribution >= 4 is 29.9 Å². The van der Waals surface area contributed by atoms with Crippen LogP contribution in [0.25, 0.3) is 0 Å². The molecule has 7 heteroatoms. The van der Waals surface area contributed by atoms with Crippen LogP contribution in [-0.2, 0) is 11.2 Å². The van der Waals surface area contributed by atoms with Crippen molar-refractivity contribution in [3.8, 4) is 11.5 Å². The van der Waals surface area contributed by atoms with E-state index in [1.54, 1.807) is 0 Å². The molecule has 0 aliphatic carbocycles. The average Bonchev–Trinajstić information content (AvgIpc) is 2.53. The summed E-state index contributed by atoms with van der Waals surface area (Å²) in [6.45, 7) is 5.54. The van der Waals surface area contributed by atoms with Crippen molar-refractivity contribution in [1.29, 1.82) is 0 Å². The van der Waals surface area contributed by atoms with E-state index in [-0.39, 0.29) is 24.2 Å². The van der Waals surface area contributed by atoms with Crippen LogP contribution >= 0.6 is 24.0 Å². The maximum atomic E-state index is 11.9. The number of benzene rings is 1. The molecule has 130 valence electrons. The summed E-state index contributed by atoms with van der Waals surface area (Å²) in [4.78, 5) is 11.9. The molecule has 2 atom stereocenters. The second-order valence-corrected chi connectivity index (χ2v) is 5.96. The number of halogens is 2. The van der Waals surface area contributed by atoms with Crippen LogP contribution in [0.3, 0.4) is 0 Å². The summed E-state index contributed by atoms with van der Waals surface area (Å²) < 4.78 is 11.0. The van der Waals surface area contributed by atoms with Gasteiger partial charge in [0, 0.05) is 6.54 Å². The van der Waals surface area contributed by atoms with Crippen molar-refractivity contribution < 1.29 is 14.3 Å². The highest BCUT2D eigenvalue weighted by Gasteiger charge is 2.19. The molecule has 1 aliphatic heterocycles. The fourth-order valence-corrected chi connectivity index (χ4v) is 2.56. The molecular formula is C16H24Cl2N2O3. The van der Waals surface area contributed by atoms with E-state index >= 15 is 0 Å². The topological polar surface area (TPSA) is 73.6 Å². The first-order chi connectivity index (χ1) is 10.5. The van der Waals surface area contributed by atoms with Gasteiger partial charge in [0.1, 0.15) is 13.2 Å². The molecule has 2 unspecified atom stereocenters. The van der Waals surface area contributed by atoms with Gasteiger partial charge in [0.15, 0.2) is 11.5 Å². The first-order valence-corrected chi connectivity index (χ1v) is 8.02. The average molecular weight is 363 g/mol. The lowest BCUT2D eigenvalue weighted by atomic mass is 9.99. The van der Waals surface area contributed by atoms with E-state index in [0.29, 0.717) is 42.7 Å². The van der Waals surface area contributed by atoms with Gasteiger partial charge in [-0.05, 0) is 30.0 Å². The lowest BCUT2D eigenvalue weighted by Gasteiger charge is -2.20. The Balaban J connectivity index is 0.00000264. The first kappa shape index (κ1) is 19.9. The highest BCUT2D eigenvalue weighted by Crippen LogP contribution is 2.38. The second-order valence-electron chi connectivity index (χ2n) is 5.55. The number of rotatable bonds is 6. The van der Waals surface area contributed by atoms with Gasteiger partial charge in [-0.2, -0.15) is 0 Å². The fraction of sp³-hybridized carbons (Fsp3) is 0.562. The SMILES string of the molecule is CCC(C)C(N)C(=O)NCCc1cc(Cl)c2c(c1)OCCO2.Cl. The molecule has 0 bridgehead atoms. The molecule has 0 saturated heterocycles. The van der Waals surface area contributed by atoms with Crippen LogP contribution in [0, 0.1) is 5.92 Å². The van der Waals surface area contributed by atoms with Crippen molar-refractivity contribution in [2.24, 2.45) is 11.7 Å². The summed E-state index contributed by atoms with van der Waals surface area (Å²) >= 11 is 6.19. The molecule has 1 aromatic rings. The number of fused-ring (bicyclic) bond motifs is 1. The molecule has 1 aromatic carbocycles. The molecule has 0 spiro atoms. The minimum absolute atomic E-state index is 0. The summed E-state index contributed by atoms with van der Waals surface area (Å²) in [6.07, 6.45) is 1.54. The largest absolute Gasteiger partial charge is 0.486 e. The first-order valence-electron chi connectivity index (χ1n) is 7.64. The lowest BCUT2D eigenvalue weighted by molar-refractivity contribution is -0.123. The van der Waals surface area contributed by atoms with E-state index < -0.39 is 6.04 Å². The van der Waals surface area contributed by atoms with Gasteiger partial charge >= 0.3 is 0 Å². The quantitative estimate of drug-likeness (QED) is 0.815. The van der Waals surface area contributed by atoms with Gasteiger partial charge in [0.25, 0.3) is 0 Å². The van der Waals surface area contributed by atoms with Gasteiger partial charge in [0.05, 0.1) is 11.1 Å². The van der Waals surface area contributed by atoms with Crippen molar-refractivity contribution in [2.45, 2.75) is 32.7 Å². The third-order valence-electron chi connectivity index (χ3n) is 3.93. The molecule has 2 rings (SSSR count). The monoisotopic (exact) mass is 362 g/mol. The summed E-state index contributed by atoms with van der Waals surface area (Å²) in [7, 11) is 0. The van der Waals surface area contributed by atoms with Crippen LogP contribution in [0.15, 0.2) is 12.1 Å². The molecule has 3 N–H and O–H groups in total. The van der Waals surface area contributed by atoms with Crippen LogP contribution in [0.2, 0.25) is 5.02 Å². The molecule has 0 saturated carbocycles. The summed E-state index contributed by atoms with van der Waals surface area (Å²) in [5.74, 6) is 1.32. The molecule has 23 heavy (non-hydrogen) atoms. The second kappa shape index (κ2) is 9.21. The number of nitrogens with two attached hydrogens (primary N) is 1. The maximum Gasteiger partial charge on any atom is 0.237 e. The Bertz CT molecular complexity index is 540. The summed E-state index contributed by atoms with van der Waals surface area (Å²) in [6, 6.07) is 3.28. The predicted molar refractivity (Wildman–Crippen MR) is 93.8 cm³/mol. The normalized spacial score (nSPS) is 15.3. The third kappa shape index (κ3) is 5.16. The van der Waals surface area contributed by atoms with Crippen LogP contribution < -0.4 is 20.5 Å². The number of carbonyl (C=O) groups is 1. The Morgan fingerprint density at radius 3 is 2.78 bits per heavy atom. The Hall–Kier alpha value is -1.17. The Morgan fingerprint density at radius 1 is 1.39 bits per heavy atom. The van der Waals surface area contributed by atoms with Gasteiger partial charge in [0.2, 0.25) is 5.91 Å². The Kier molecular flexibility index (Phi) is 7.95. The van der Waals surface area contributed by atoms with Crippen molar-refractivity contribution in [3.05, 3.63) is 22.7 Å². The van der Waals surface area contributed by atoms with Gasteiger partial charge in [-0.3, -0.25) is 4.79 Å². The zero-order valence-corrected chi connectivity index (χ0v) is 15.0. The number of hydrogen-bond donors (Lipinski definition) is 2. The standard InChI is InChI=1S/C16H23ClN2O3.ClH/c1-3-10(2)14(18)16(20)19-5-4-11-8-12(17)15-13(9-11)21-6-7-22-15;/h8-10,14H,3-7,18H2,1-2H3,(H,19,20);1H. The van der Waals surface area contributed by atoms with Gasteiger partial charge in [-0.1, -0.05) is 31.9 Å². The summed E-state index contributed by atoms with van der Waals surface area (Å²) in [5.41, 5.74) is 6.89. The molecule has 0 aromatic heterocycles. The predicted octanol–water partition coefficient (Wildman–Crippen LogP) is 2.57. The molecule has 1 aliphatic rings. The van der Waals surface area contributed by atoms with Crippen LogP contribution in [-0.4, -0.2) is 31.7 Å². The lowest BCUT2D eigenvalue weighted by Crippen LogP contribution is -2.45. The zero-order valence-electron chi connectivity index (χ0n) is 13.4. The molecule has 1 heterocycles. The Labute approximate surface area is 148 Å². The number of ether oxygens (including phenoxy) is 2. The van der Waals surface area contributed by atoms with Gasteiger partial charge < -0.3 is 20.5 Å². The van der Waals surface area contributed by atoms with Crippen molar-refractivity contribution in [3.63, 3.8) is 0 Å². The van der Waals surface area contributed by atoms with Gasteiger partial charge in [-0.25, -0.2) is 0 Å². The van der Waals surface area contributed by atoms with Gasteiger partial charge in [-0.15, -0.1) is 12.4 Å². The molecule has 0 fully saturated rings. The van der Waals surface area contributed by atoms with Crippen molar-refractivity contribution in [1.82, 2.24) is 5.32 Å². The fourth-order valence-electron chi connectivity index (χ4n) is 2.27. The van der Waals surface area contributed by atoms with E-state index in [2.05, 4.69) is 5.32 Å². The minimum atomic E-state index is -0.464. The molecule has 5 nitrogen and oxygen atoms in total. The minimum Gasteiger partial charge on any atom is -0.486 e. The van der Waals surface area contributed by atoms with Crippen LogP contribution in [0.5, 0.6) is 11.5 Å². The van der Waals surface area contributed by atoms with E-state index in [9.17, 15) is 4.79 Å². The van der Waals surface area contributed by atoms with E-state index in [1.807, 2.05) is 26.0 Å². The number of amides is 1. The highest BCUT2D eigenvalue weighted by atomic mass is 35.5. The zero-order chi connectivity index (χ0) is 16.1. The molecular weight excluding hydrogens is 339 g/mol. The van der Waals surface area contributed by atoms with Crippen LogP contribution in [0.1, 0.15) is 25.8 Å². The van der Waals surface area contributed by atoms with E-state index in [0.717, 1.165) is 12.0 Å².